The molecular weight excluding hydrogens is 303 g/mol. The van der Waals surface area contributed by atoms with Crippen molar-refractivity contribution in [1.29, 1.82) is 0 Å². The SMILES string of the molecule is C=CCN(C(=O)c1cc(C)nc2cc(F)ccc12)c1ccccc1. The van der Waals surface area contributed by atoms with Gasteiger partial charge in [0.1, 0.15) is 5.82 Å². The molecule has 0 aliphatic heterocycles. The molecule has 0 spiro atoms. The van der Waals surface area contributed by atoms with E-state index in [2.05, 4.69) is 11.6 Å². The number of nitrogens with zero attached hydrogens (tertiary/aromatic N) is 2. The van der Waals surface area contributed by atoms with Crippen LogP contribution in [0.2, 0.25) is 0 Å². The van der Waals surface area contributed by atoms with E-state index in [0.29, 0.717) is 28.7 Å². The topological polar surface area (TPSA) is 33.2 Å². The molecule has 0 saturated heterocycles. The van der Waals surface area contributed by atoms with E-state index < -0.39 is 0 Å². The number of hydrogen-bond acceptors (Lipinski definition) is 2. The molecule has 3 rings (SSSR count). The van der Waals surface area contributed by atoms with Crippen LogP contribution in [0.3, 0.4) is 0 Å². The number of aryl methyl sites for hydroxylation is 1. The Balaban J connectivity index is 2.14. The lowest BCUT2D eigenvalue weighted by atomic mass is 10.1. The number of amides is 1. The number of hydrogen-bond donors (Lipinski definition) is 0. The van der Waals surface area contributed by atoms with E-state index in [0.717, 1.165) is 5.69 Å². The molecule has 0 bridgehead atoms. The maximum Gasteiger partial charge on any atom is 0.259 e. The van der Waals surface area contributed by atoms with Crippen LogP contribution in [-0.4, -0.2) is 17.4 Å². The average molecular weight is 320 g/mol. The summed E-state index contributed by atoms with van der Waals surface area (Å²) >= 11 is 0. The van der Waals surface area contributed by atoms with Crippen molar-refractivity contribution in [3.05, 3.63) is 84.3 Å². The van der Waals surface area contributed by atoms with Gasteiger partial charge in [-0.2, -0.15) is 0 Å². The van der Waals surface area contributed by atoms with Crippen LogP contribution in [0.4, 0.5) is 10.1 Å². The van der Waals surface area contributed by atoms with Crippen LogP contribution in [0.25, 0.3) is 10.9 Å². The van der Waals surface area contributed by atoms with E-state index in [1.54, 1.807) is 30.0 Å². The molecule has 0 unspecified atom stereocenters. The normalized spacial score (nSPS) is 10.6. The summed E-state index contributed by atoms with van der Waals surface area (Å²) in [6, 6.07) is 15.4. The van der Waals surface area contributed by atoms with E-state index in [4.69, 9.17) is 0 Å². The number of fused-ring (bicyclic) bond motifs is 1. The first-order valence-corrected chi connectivity index (χ1v) is 7.65. The van der Waals surface area contributed by atoms with Crippen molar-refractivity contribution in [2.45, 2.75) is 6.92 Å². The van der Waals surface area contributed by atoms with Gasteiger partial charge in [0.25, 0.3) is 5.91 Å². The highest BCUT2D eigenvalue weighted by atomic mass is 19.1. The highest BCUT2D eigenvalue weighted by Crippen LogP contribution is 2.24. The number of aromatic nitrogens is 1. The summed E-state index contributed by atoms with van der Waals surface area (Å²) < 4.78 is 13.5. The molecule has 3 nitrogen and oxygen atoms in total. The first-order chi connectivity index (χ1) is 11.6. The zero-order chi connectivity index (χ0) is 17.1. The third kappa shape index (κ3) is 3.04. The maximum absolute atomic E-state index is 13.5. The lowest BCUT2D eigenvalue weighted by Gasteiger charge is -2.22. The molecule has 0 fully saturated rings. The first-order valence-electron chi connectivity index (χ1n) is 7.65. The monoisotopic (exact) mass is 320 g/mol. The average Bonchev–Trinajstić information content (AvgIpc) is 2.58. The number of benzene rings is 2. The molecule has 1 amide bonds. The maximum atomic E-state index is 13.5. The highest BCUT2D eigenvalue weighted by Gasteiger charge is 2.20. The van der Waals surface area contributed by atoms with Crippen LogP contribution in [0.15, 0.2) is 67.3 Å². The smallest absolute Gasteiger partial charge is 0.259 e. The second-order valence-electron chi connectivity index (χ2n) is 5.51. The quantitative estimate of drug-likeness (QED) is 0.662. The predicted molar refractivity (Wildman–Crippen MR) is 94.8 cm³/mol. The fourth-order valence-corrected chi connectivity index (χ4v) is 2.70. The van der Waals surface area contributed by atoms with Crippen LogP contribution < -0.4 is 4.90 Å². The zero-order valence-electron chi connectivity index (χ0n) is 13.4. The van der Waals surface area contributed by atoms with Gasteiger partial charge in [-0.05, 0) is 37.3 Å². The number of halogens is 1. The molecule has 0 saturated carbocycles. The molecule has 0 aliphatic carbocycles. The Morgan fingerprint density at radius 2 is 1.96 bits per heavy atom. The van der Waals surface area contributed by atoms with Gasteiger partial charge in [-0.15, -0.1) is 6.58 Å². The second kappa shape index (κ2) is 6.62. The third-order valence-electron chi connectivity index (χ3n) is 3.76. The molecule has 1 aromatic heterocycles. The van der Waals surface area contributed by atoms with Crippen LogP contribution in [0.5, 0.6) is 0 Å². The Morgan fingerprint density at radius 3 is 2.67 bits per heavy atom. The molecular formula is C20H17FN2O. The van der Waals surface area contributed by atoms with Crippen molar-refractivity contribution in [1.82, 2.24) is 4.98 Å². The zero-order valence-corrected chi connectivity index (χ0v) is 13.4. The molecule has 24 heavy (non-hydrogen) atoms. The Morgan fingerprint density at radius 1 is 1.21 bits per heavy atom. The van der Waals surface area contributed by atoms with Gasteiger partial charge < -0.3 is 4.90 Å². The lowest BCUT2D eigenvalue weighted by molar-refractivity contribution is 0.0991. The van der Waals surface area contributed by atoms with Crippen molar-refractivity contribution in [3.8, 4) is 0 Å². The Hall–Kier alpha value is -3.01. The fraction of sp³-hybridized carbons (Fsp3) is 0.100. The van der Waals surface area contributed by atoms with Gasteiger partial charge in [0.05, 0.1) is 11.1 Å². The number of carbonyl (C=O) groups excluding carboxylic acids is 1. The Labute approximate surface area is 140 Å². The number of anilines is 1. The summed E-state index contributed by atoms with van der Waals surface area (Å²) in [5.41, 5.74) is 2.43. The van der Waals surface area contributed by atoms with Gasteiger partial charge in [0, 0.05) is 29.4 Å². The van der Waals surface area contributed by atoms with E-state index in [9.17, 15) is 9.18 Å². The van der Waals surface area contributed by atoms with Crippen LogP contribution in [-0.2, 0) is 0 Å². The number of para-hydroxylation sites is 1. The van der Waals surface area contributed by atoms with Gasteiger partial charge in [-0.3, -0.25) is 9.78 Å². The van der Waals surface area contributed by atoms with Crippen LogP contribution >= 0.6 is 0 Å². The molecule has 1 heterocycles. The van der Waals surface area contributed by atoms with E-state index in [1.807, 2.05) is 30.3 Å². The van der Waals surface area contributed by atoms with Crippen molar-refractivity contribution >= 4 is 22.5 Å². The molecule has 0 aliphatic rings. The van der Waals surface area contributed by atoms with Gasteiger partial charge in [-0.25, -0.2) is 4.39 Å². The molecule has 0 radical (unpaired) electrons. The minimum Gasteiger partial charge on any atom is -0.305 e. The molecule has 3 aromatic rings. The molecule has 2 aromatic carbocycles. The van der Waals surface area contributed by atoms with Crippen LogP contribution in [0.1, 0.15) is 16.1 Å². The van der Waals surface area contributed by atoms with Crippen LogP contribution in [0, 0.1) is 12.7 Å². The van der Waals surface area contributed by atoms with Gasteiger partial charge >= 0.3 is 0 Å². The largest absolute Gasteiger partial charge is 0.305 e. The predicted octanol–water partition coefficient (Wildman–Crippen LogP) is 4.52. The van der Waals surface area contributed by atoms with Gasteiger partial charge in [0.2, 0.25) is 0 Å². The summed E-state index contributed by atoms with van der Waals surface area (Å²) in [6.07, 6.45) is 1.68. The minimum absolute atomic E-state index is 0.164. The van der Waals surface area contributed by atoms with Crippen molar-refractivity contribution in [2.75, 3.05) is 11.4 Å². The van der Waals surface area contributed by atoms with E-state index >= 15 is 0 Å². The van der Waals surface area contributed by atoms with Gasteiger partial charge in [-0.1, -0.05) is 24.3 Å². The van der Waals surface area contributed by atoms with Crippen molar-refractivity contribution < 1.29 is 9.18 Å². The van der Waals surface area contributed by atoms with Gasteiger partial charge in [0.15, 0.2) is 0 Å². The molecule has 0 N–H and O–H groups in total. The summed E-state index contributed by atoms with van der Waals surface area (Å²) in [7, 11) is 0. The second-order valence-corrected chi connectivity index (χ2v) is 5.51. The van der Waals surface area contributed by atoms with Crippen molar-refractivity contribution in [2.24, 2.45) is 0 Å². The number of rotatable bonds is 4. The lowest BCUT2D eigenvalue weighted by Crippen LogP contribution is -2.31. The summed E-state index contributed by atoms with van der Waals surface area (Å²) in [4.78, 5) is 19.1. The molecule has 4 heteroatoms. The summed E-state index contributed by atoms with van der Waals surface area (Å²) in [6.45, 7) is 5.91. The Bertz CT molecular complexity index is 901. The third-order valence-corrected chi connectivity index (χ3v) is 3.76. The number of pyridine rings is 1. The summed E-state index contributed by atoms with van der Waals surface area (Å²) in [5.74, 6) is -0.534. The molecule has 0 atom stereocenters. The molecule has 120 valence electrons. The summed E-state index contributed by atoms with van der Waals surface area (Å²) in [5, 5.41) is 0.636. The fourth-order valence-electron chi connectivity index (χ4n) is 2.70. The first kappa shape index (κ1) is 15.9. The van der Waals surface area contributed by atoms with Crippen molar-refractivity contribution in [3.63, 3.8) is 0 Å². The Kier molecular flexibility index (Phi) is 4.38. The minimum atomic E-state index is -0.370. The number of carbonyl (C=O) groups is 1. The highest BCUT2D eigenvalue weighted by molar-refractivity contribution is 6.13. The van der Waals surface area contributed by atoms with E-state index in [1.165, 1.54) is 12.1 Å². The van der Waals surface area contributed by atoms with E-state index in [-0.39, 0.29) is 11.7 Å². The standard InChI is InChI=1S/C20H17FN2O/c1-3-11-23(16-7-5-4-6-8-16)20(24)18-12-14(2)22-19-13-15(21)9-10-17(18)19/h3-10,12-13H,1,11H2,2H3.